The molecule has 0 saturated carbocycles. The van der Waals surface area contributed by atoms with Crippen LogP contribution in [0.5, 0.6) is 5.75 Å². The van der Waals surface area contributed by atoms with E-state index in [1.807, 2.05) is 6.07 Å². The van der Waals surface area contributed by atoms with Crippen molar-refractivity contribution in [3.63, 3.8) is 0 Å². The first-order chi connectivity index (χ1) is 11.4. The number of halogens is 2. The van der Waals surface area contributed by atoms with Gasteiger partial charge in [-0.3, -0.25) is 4.79 Å². The van der Waals surface area contributed by atoms with Gasteiger partial charge in [-0.05, 0) is 30.3 Å². The minimum absolute atomic E-state index is 0.0864. The Morgan fingerprint density at radius 3 is 2.58 bits per heavy atom. The molecule has 0 aromatic heterocycles. The Hall–Kier alpha value is -2.84. The van der Waals surface area contributed by atoms with Crippen molar-refractivity contribution in [2.75, 3.05) is 14.1 Å². The highest BCUT2D eigenvalue weighted by atomic mass is 35.5. The number of ketones is 1. The first kappa shape index (κ1) is 17.5. The van der Waals surface area contributed by atoms with Gasteiger partial charge in [-0.2, -0.15) is 5.26 Å². The third-order valence-corrected chi connectivity index (χ3v) is 3.33. The molecule has 0 aliphatic heterocycles. The number of carbonyl (C=O) groups is 1. The maximum Gasteiger partial charge on any atom is 0.231 e. The van der Waals surface area contributed by atoms with Gasteiger partial charge in [0, 0.05) is 25.9 Å². The molecule has 2 rings (SSSR count). The lowest BCUT2D eigenvalue weighted by Gasteiger charge is -2.14. The fraction of sp³-hybridized carbons (Fsp3) is 0.111. The number of nitriles is 1. The van der Waals surface area contributed by atoms with Crippen molar-refractivity contribution in [1.82, 2.24) is 4.90 Å². The van der Waals surface area contributed by atoms with E-state index in [2.05, 4.69) is 0 Å². The second-order valence-corrected chi connectivity index (χ2v) is 5.53. The van der Waals surface area contributed by atoms with Gasteiger partial charge in [-0.1, -0.05) is 23.7 Å². The summed E-state index contributed by atoms with van der Waals surface area (Å²) in [5.74, 6) is -1.44. The summed E-state index contributed by atoms with van der Waals surface area (Å²) in [7, 11) is 3.41. The van der Waals surface area contributed by atoms with E-state index in [0.29, 0.717) is 0 Å². The Bertz CT molecular complexity index is 841. The van der Waals surface area contributed by atoms with Gasteiger partial charge < -0.3 is 9.64 Å². The molecule has 0 fully saturated rings. The van der Waals surface area contributed by atoms with E-state index in [1.165, 1.54) is 18.3 Å². The van der Waals surface area contributed by atoms with E-state index in [0.717, 1.165) is 6.07 Å². The lowest BCUT2D eigenvalue weighted by atomic mass is 10.1. The van der Waals surface area contributed by atoms with E-state index >= 15 is 0 Å². The standard InChI is InChI=1S/C18H14ClFN2O2/c1-22(2)11-17(18(23)13-5-3-4-6-14(13)19)24-16-8-7-12(10-21)9-15(16)20/h3-9,11H,1-2H3/b17-11-. The molecule has 4 nitrogen and oxygen atoms in total. The van der Waals surface area contributed by atoms with Gasteiger partial charge in [0.2, 0.25) is 5.78 Å². The number of rotatable bonds is 5. The molecule has 0 amide bonds. The predicted octanol–water partition coefficient (Wildman–Crippen LogP) is 4.02. The summed E-state index contributed by atoms with van der Waals surface area (Å²) in [6.07, 6.45) is 1.43. The number of nitrogens with zero attached hydrogens (tertiary/aromatic N) is 2. The van der Waals surface area contributed by atoms with Crippen LogP contribution in [0.4, 0.5) is 4.39 Å². The van der Waals surface area contributed by atoms with Crippen molar-refractivity contribution in [3.8, 4) is 11.8 Å². The van der Waals surface area contributed by atoms with E-state index in [9.17, 15) is 9.18 Å². The number of allylic oxidation sites excluding steroid dienone is 1. The number of ether oxygens (including phenoxy) is 1. The fourth-order valence-corrected chi connectivity index (χ4v) is 2.14. The van der Waals surface area contributed by atoms with Crippen LogP contribution in [0, 0.1) is 17.1 Å². The summed E-state index contributed by atoms with van der Waals surface area (Å²) in [6.45, 7) is 0. The van der Waals surface area contributed by atoms with Crippen molar-refractivity contribution < 1.29 is 13.9 Å². The van der Waals surface area contributed by atoms with E-state index in [1.54, 1.807) is 43.3 Å². The Kier molecular flexibility index (Phi) is 5.56. The fourth-order valence-electron chi connectivity index (χ4n) is 1.92. The Balaban J connectivity index is 2.39. The number of carbonyl (C=O) groups excluding carboxylic acids is 1. The zero-order valence-corrected chi connectivity index (χ0v) is 13.8. The molecule has 0 aliphatic carbocycles. The summed E-state index contributed by atoms with van der Waals surface area (Å²) < 4.78 is 19.5. The van der Waals surface area contributed by atoms with Crippen LogP contribution in [-0.4, -0.2) is 24.8 Å². The molecule has 0 saturated heterocycles. The third kappa shape index (κ3) is 4.12. The monoisotopic (exact) mass is 344 g/mol. The number of hydrogen-bond donors (Lipinski definition) is 0. The normalized spacial score (nSPS) is 10.9. The first-order valence-corrected chi connectivity index (χ1v) is 7.35. The Morgan fingerprint density at radius 2 is 2.00 bits per heavy atom. The van der Waals surface area contributed by atoms with Crippen molar-refractivity contribution in [3.05, 3.63) is 76.4 Å². The summed E-state index contributed by atoms with van der Waals surface area (Å²) in [6, 6.07) is 12.1. The van der Waals surface area contributed by atoms with E-state index in [-0.39, 0.29) is 27.7 Å². The van der Waals surface area contributed by atoms with Crippen LogP contribution >= 0.6 is 11.6 Å². The Labute approximate surface area is 144 Å². The minimum atomic E-state index is -0.731. The molecule has 2 aromatic rings. The number of Topliss-reactive ketones (excluding diaryl/α,β-unsaturated/α-hetero) is 1. The second-order valence-electron chi connectivity index (χ2n) is 5.12. The van der Waals surface area contributed by atoms with Crippen LogP contribution in [0.15, 0.2) is 54.4 Å². The Morgan fingerprint density at radius 1 is 1.29 bits per heavy atom. The van der Waals surface area contributed by atoms with E-state index < -0.39 is 11.6 Å². The van der Waals surface area contributed by atoms with Crippen LogP contribution in [-0.2, 0) is 0 Å². The van der Waals surface area contributed by atoms with Gasteiger partial charge in [0.25, 0.3) is 0 Å². The largest absolute Gasteiger partial charge is 0.449 e. The predicted molar refractivity (Wildman–Crippen MR) is 89.3 cm³/mol. The smallest absolute Gasteiger partial charge is 0.231 e. The van der Waals surface area contributed by atoms with Crippen LogP contribution in [0.3, 0.4) is 0 Å². The molecular formula is C18H14ClFN2O2. The second kappa shape index (κ2) is 7.62. The van der Waals surface area contributed by atoms with Crippen LogP contribution in [0.2, 0.25) is 5.02 Å². The quantitative estimate of drug-likeness (QED) is 0.467. The van der Waals surface area contributed by atoms with Gasteiger partial charge in [0.15, 0.2) is 17.3 Å². The average molecular weight is 345 g/mol. The zero-order chi connectivity index (χ0) is 17.7. The molecule has 0 unspecified atom stereocenters. The van der Waals surface area contributed by atoms with E-state index in [4.69, 9.17) is 21.6 Å². The van der Waals surface area contributed by atoms with Crippen LogP contribution in [0.25, 0.3) is 0 Å². The van der Waals surface area contributed by atoms with Crippen molar-refractivity contribution in [1.29, 1.82) is 5.26 Å². The maximum atomic E-state index is 14.0. The summed E-state index contributed by atoms with van der Waals surface area (Å²) in [4.78, 5) is 14.3. The third-order valence-electron chi connectivity index (χ3n) is 3.00. The molecule has 6 heteroatoms. The van der Waals surface area contributed by atoms with Crippen molar-refractivity contribution in [2.45, 2.75) is 0 Å². The first-order valence-electron chi connectivity index (χ1n) is 6.97. The van der Waals surface area contributed by atoms with Gasteiger partial charge in [0.1, 0.15) is 0 Å². The highest BCUT2D eigenvalue weighted by molar-refractivity contribution is 6.34. The van der Waals surface area contributed by atoms with Gasteiger partial charge >= 0.3 is 0 Å². The molecule has 0 radical (unpaired) electrons. The van der Waals surface area contributed by atoms with Crippen molar-refractivity contribution >= 4 is 17.4 Å². The molecule has 0 bridgehead atoms. The average Bonchev–Trinajstić information content (AvgIpc) is 2.55. The SMILES string of the molecule is CN(C)/C=C(\Oc1ccc(C#N)cc1F)C(=O)c1ccccc1Cl. The molecule has 122 valence electrons. The maximum absolute atomic E-state index is 14.0. The van der Waals surface area contributed by atoms with Gasteiger partial charge in [0.05, 0.1) is 16.7 Å². The summed E-state index contributed by atoms with van der Waals surface area (Å²) in [5.41, 5.74) is 0.414. The molecule has 0 N–H and O–H groups in total. The number of hydrogen-bond acceptors (Lipinski definition) is 4. The van der Waals surface area contributed by atoms with Crippen molar-refractivity contribution in [2.24, 2.45) is 0 Å². The van der Waals surface area contributed by atoms with Crippen LogP contribution < -0.4 is 4.74 Å². The minimum Gasteiger partial charge on any atom is -0.449 e. The molecule has 0 spiro atoms. The molecule has 2 aromatic carbocycles. The molecular weight excluding hydrogens is 331 g/mol. The van der Waals surface area contributed by atoms with Crippen LogP contribution in [0.1, 0.15) is 15.9 Å². The summed E-state index contributed by atoms with van der Waals surface area (Å²) in [5, 5.41) is 9.05. The van der Waals surface area contributed by atoms with Gasteiger partial charge in [-0.15, -0.1) is 0 Å². The molecule has 0 aliphatic rings. The topological polar surface area (TPSA) is 53.3 Å². The van der Waals surface area contributed by atoms with Gasteiger partial charge in [-0.25, -0.2) is 4.39 Å². The summed E-state index contributed by atoms with van der Waals surface area (Å²) >= 11 is 6.05. The lowest BCUT2D eigenvalue weighted by molar-refractivity contribution is 0.0981. The zero-order valence-electron chi connectivity index (χ0n) is 13.1. The molecule has 0 heterocycles. The highest BCUT2D eigenvalue weighted by Crippen LogP contribution is 2.24. The number of benzene rings is 2. The lowest BCUT2D eigenvalue weighted by Crippen LogP contribution is -2.15. The highest BCUT2D eigenvalue weighted by Gasteiger charge is 2.19. The molecule has 24 heavy (non-hydrogen) atoms. The molecule has 0 atom stereocenters.